The number of aliphatic hydroxyl groups is 1. The first-order valence-electron chi connectivity index (χ1n) is 3.66. The largest absolute Gasteiger partial charge is 0.497 e. The summed E-state index contributed by atoms with van der Waals surface area (Å²) in [5, 5.41) is 8.96. The summed E-state index contributed by atoms with van der Waals surface area (Å²) in [5.41, 5.74) is 1.82. The van der Waals surface area contributed by atoms with Crippen LogP contribution >= 0.6 is 12.6 Å². The second-order valence-electron chi connectivity index (χ2n) is 2.61. The minimum atomic E-state index is -0.00310. The van der Waals surface area contributed by atoms with E-state index in [1.165, 1.54) is 0 Å². The number of hydrogen-bond acceptors (Lipinski definition) is 3. The van der Waals surface area contributed by atoms with Crippen LogP contribution in [0.1, 0.15) is 11.1 Å². The van der Waals surface area contributed by atoms with Gasteiger partial charge in [-0.3, -0.25) is 0 Å². The summed E-state index contributed by atoms with van der Waals surface area (Å²) in [6.07, 6.45) is 0. The fraction of sp³-hybridized carbons (Fsp3) is 0.333. The molecule has 0 saturated heterocycles. The Bertz CT molecular complexity index is 284. The van der Waals surface area contributed by atoms with Crippen LogP contribution in [0.25, 0.3) is 0 Å². The fourth-order valence-electron chi connectivity index (χ4n) is 1.06. The Morgan fingerprint density at radius 2 is 2.17 bits per heavy atom. The molecule has 0 amide bonds. The van der Waals surface area contributed by atoms with Gasteiger partial charge in [0.15, 0.2) is 0 Å². The molecule has 1 rings (SSSR count). The predicted octanol–water partition coefficient (Wildman–Crippen LogP) is 1.78. The van der Waals surface area contributed by atoms with Gasteiger partial charge in [0, 0.05) is 4.90 Å². The molecule has 0 heterocycles. The number of aryl methyl sites for hydroxylation is 1. The highest BCUT2D eigenvalue weighted by Crippen LogP contribution is 2.24. The molecule has 12 heavy (non-hydrogen) atoms. The molecule has 1 N–H and O–H groups in total. The summed E-state index contributed by atoms with van der Waals surface area (Å²) in [6.45, 7) is 1.93. The van der Waals surface area contributed by atoms with Crippen molar-refractivity contribution >= 4 is 12.6 Å². The molecule has 0 atom stereocenters. The van der Waals surface area contributed by atoms with Gasteiger partial charge in [0.05, 0.1) is 13.7 Å². The molecule has 1 aromatic rings. The summed E-state index contributed by atoms with van der Waals surface area (Å²) in [6, 6.07) is 3.68. The third-order valence-corrected chi connectivity index (χ3v) is 2.40. The lowest BCUT2D eigenvalue weighted by Gasteiger charge is -2.08. The van der Waals surface area contributed by atoms with Crippen LogP contribution in [-0.2, 0) is 6.61 Å². The van der Waals surface area contributed by atoms with Crippen molar-refractivity contribution in [1.29, 1.82) is 0 Å². The Kier molecular flexibility index (Phi) is 3.00. The smallest absolute Gasteiger partial charge is 0.119 e. The van der Waals surface area contributed by atoms with E-state index in [1.54, 1.807) is 13.2 Å². The molecule has 2 nitrogen and oxygen atoms in total. The van der Waals surface area contributed by atoms with Gasteiger partial charge in [0.25, 0.3) is 0 Å². The van der Waals surface area contributed by atoms with E-state index in [4.69, 9.17) is 9.84 Å². The topological polar surface area (TPSA) is 29.5 Å². The monoisotopic (exact) mass is 184 g/mol. The molecule has 0 fully saturated rings. The zero-order valence-electron chi connectivity index (χ0n) is 7.16. The van der Waals surface area contributed by atoms with Gasteiger partial charge in [-0.1, -0.05) is 0 Å². The van der Waals surface area contributed by atoms with E-state index in [2.05, 4.69) is 12.6 Å². The van der Waals surface area contributed by atoms with Gasteiger partial charge in [-0.15, -0.1) is 12.6 Å². The number of benzene rings is 1. The lowest BCUT2D eigenvalue weighted by molar-refractivity contribution is 0.278. The highest BCUT2D eigenvalue weighted by atomic mass is 32.1. The molecule has 0 aliphatic rings. The summed E-state index contributed by atoms with van der Waals surface area (Å²) in [5.74, 6) is 0.759. The average Bonchev–Trinajstić information content (AvgIpc) is 2.09. The van der Waals surface area contributed by atoms with Gasteiger partial charge in [-0.25, -0.2) is 0 Å². The third-order valence-electron chi connectivity index (χ3n) is 1.76. The first kappa shape index (κ1) is 9.42. The molecule has 0 aliphatic carbocycles. The van der Waals surface area contributed by atoms with Crippen LogP contribution in [0.5, 0.6) is 5.75 Å². The second-order valence-corrected chi connectivity index (χ2v) is 3.06. The highest BCUT2D eigenvalue weighted by molar-refractivity contribution is 7.80. The van der Waals surface area contributed by atoms with Crippen molar-refractivity contribution in [2.24, 2.45) is 0 Å². The molecule has 0 unspecified atom stereocenters. The standard InChI is InChI=1S/C9H12O2S/c1-6-3-8(11-2)4-7(5-10)9(6)12/h3-4,10,12H,5H2,1-2H3. The van der Waals surface area contributed by atoms with Crippen LogP contribution in [0.15, 0.2) is 17.0 Å². The van der Waals surface area contributed by atoms with E-state index in [-0.39, 0.29) is 6.61 Å². The number of ether oxygens (including phenoxy) is 1. The fourth-order valence-corrected chi connectivity index (χ4v) is 1.25. The van der Waals surface area contributed by atoms with Crippen molar-refractivity contribution in [1.82, 2.24) is 0 Å². The number of methoxy groups -OCH3 is 1. The predicted molar refractivity (Wildman–Crippen MR) is 50.9 cm³/mol. The lowest BCUT2D eigenvalue weighted by atomic mass is 10.1. The first-order valence-corrected chi connectivity index (χ1v) is 4.11. The van der Waals surface area contributed by atoms with Gasteiger partial charge in [-0.05, 0) is 30.2 Å². The minimum Gasteiger partial charge on any atom is -0.497 e. The highest BCUT2D eigenvalue weighted by Gasteiger charge is 2.03. The van der Waals surface area contributed by atoms with Crippen LogP contribution in [0, 0.1) is 6.92 Å². The second kappa shape index (κ2) is 3.83. The van der Waals surface area contributed by atoms with Crippen molar-refractivity contribution in [3.05, 3.63) is 23.3 Å². The van der Waals surface area contributed by atoms with Crippen LogP contribution < -0.4 is 4.74 Å². The number of thiol groups is 1. The molecule has 0 bridgehead atoms. The van der Waals surface area contributed by atoms with E-state index >= 15 is 0 Å². The van der Waals surface area contributed by atoms with Crippen molar-refractivity contribution in [3.63, 3.8) is 0 Å². The van der Waals surface area contributed by atoms with E-state index in [0.29, 0.717) is 0 Å². The average molecular weight is 184 g/mol. The van der Waals surface area contributed by atoms with Crippen molar-refractivity contribution in [3.8, 4) is 5.75 Å². The molecular formula is C9H12O2S. The van der Waals surface area contributed by atoms with Crippen molar-refractivity contribution in [2.45, 2.75) is 18.4 Å². The normalized spacial score (nSPS) is 10.0. The Morgan fingerprint density at radius 3 is 2.67 bits per heavy atom. The molecule has 0 spiro atoms. The Balaban J connectivity index is 3.19. The van der Waals surface area contributed by atoms with Gasteiger partial charge in [-0.2, -0.15) is 0 Å². The zero-order chi connectivity index (χ0) is 9.14. The van der Waals surface area contributed by atoms with E-state index in [9.17, 15) is 0 Å². The van der Waals surface area contributed by atoms with Gasteiger partial charge >= 0.3 is 0 Å². The zero-order valence-corrected chi connectivity index (χ0v) is 8.06. The first-order chi connectivity index (χ1) is 5.69. The van der Waals surface area contributed by atoms with Crippen molar-refractivity contribution < 1.29 is 9.84 Å². The minimum absolute atomic E-state index is 0.00310. The molecule has 0 saturated carbocycles. The summed E-state index contributed by atoms with van der Waals surface area (Å²) in [4.78, 5) is 0.832. The van der Waals surface area contributed by atoms with Crippen LogP contribution in [-0.4, -0.2) is 12.2 Å². The van der Waals surface area contributed by atoms with Gasteiger partial charge in [0.1, 0.15) is 5.75 Å². The lowest BCUT2D eigenvalue weighted by Crippen LogP contribution is -1.92. The molecule has 0 radical (unpaired) electrons. The molecule has 0 aromatic heterocycles. The third kappa shape index (κ3) is 1.73. The summed E-state index contributed by atoms with van der Waals surface area (Å²) in [7, 11) is 1.61. The van der Waals surface area contributed by atoms with Crippen molar-refractivity contribution in [2.75, 3.05) is 7.11 Å². The maximum Gasteiger partial charge on any atom is 0.119 e. The van der Waals surface area contributed by atoms with Crippen LogP contribution in [0.2, 0.25) is 0 Å². The molecular weight excluding hydrogens is 172 g/mol. The number of rotatable bonds is 2. The van der Waals surface area contributed by atoms with Crippen LogP contribution in [0.4, 0.5) is 0 Å². The summed E-state index contributed by atoms with van der Waals surface area (Å²) < 4.78 is 5.05. The molecule has 66 valence electrons. The van der Waals surface area contributed by atoms with Crippen LogP contribution in [0.3, 0.4) is 0 Å². The maximum absolute atomic E-state index is 8.96. The Morgan fingerprint density at radius 1 is 1.50 bits per heavy atom. The van der Waals surface area contributed by atoms with Gasteiger partial charge < -0.3 is 9.84 Å². The van der Waals surface area contributed by atoms with E-state index in [1.807, 2.05) is 13.0 Å². The maximum atomic E-state index is 8.96. The summed E-state index contributed by atoms with van der Waals surface area (Å²) >= 11 is 4.26. The Labute approximate surface area is 77.6 Å². The quantitative estimate of drug-likeness (QED) is 0.686. The number of aliphatic hydroxyl groups excluding tert-OH is 1. The van der Waals surface area contributed by atoms with E-state index < -0.39 is 0 Å². The van der Waals surface area contributed by atoms with Gasteiger partial charge in [0.2, 0.25) is 0 Å². The number of hydrogen-bond donors (Lipinski definition) is 2. The SMILES string of the molecule is COc1cc(C)c(S)c(CO)c1. The Hall–Kier alpha value is -0.670. The molecule has 3 heteroatoms. The van der Waals surface area contributed by atoms with E-state index in [0.717, 1.165) is 21.8 Å². The molecule has 0 aliphatic heterocycles. The molecule has 1 aromatic carbocycles.